The van der Waals surface area contributed by atoms with Crippen molar-refractivity contribution in [1.82, 2.24) is 18.7 Å². The van der Waals surface area contributed by atoms with Gasteiger partial charge in [-0.3, -0.25) is 4.57 Å². The van der Waals surface area contributed by atoms with E-state index in [2.05, 4.69) is 114 Å². The molecule has 4 heterocycles. The number of benzene rings is 9. The standard InChI is InChI=1S/C63H43N5O.Pt/c1-42(2)45-35-36-64-62(37-45)68-58-34-31-47(67-56-27-11-9-23-52(56)53-24-10-12-28-57(53)67)39-55(58)54-33-32-49(40-61(54)68)69-48-22-15-21-46(38-48)65-41-66(60-30-14-13-29-59(60)65)63-50(43-17-5-3-6-18-43)25-16-26-51(63)44-19-7-4-8-20-44;/h3-37,39,42H,1-2H3;/q-2;/i3D,4D,5D,6D,7D,8D,17D,18D,19D,20D;. The predicted molar refractivity (Wildman–Crippen MR) is 279 cm³/mol. The normalized spacial score (nSPS) is 13.6. The van der Waals surface area contributed by atoms with Gasteiger partial charge in [0.2, 0.25) is 0 Å². The molecule has 13 rings (SSSR count). The summed E-state index contributed by atoms with van der Waals surface area (Å²) in [4.78, 5) is 4.91. The summed E-state index contributed by atoms with van der Waals surface area (Å²) in [6.07, 6.45) is 5.26. The molecular formula is C63H43N5OPt-2. The second-order valence-corrected chi connectivity index (χ2v) is 17.1. The minimum Gasteiger partial charge on any atom is -0.510 e. The van der Waals surface area contributed by atoms with Crippen LogP contribution in [0, 0.1) is 18.5 Å². The molecule has 0 unspecified atom stereocenters. The minimum atomic E-state index is -0.575. The van der Waals surface area contributed by atoms with Crippen molar-refractivity contribution in [2.75, 3.05) is 0 Å². The first-order chi connectivity index (χ1) is 38.2. The molecule has 4 aromatic heterocycles. The molecule has 0 atom stereocenters. The van der Waals surface area contributed by atoms with Gasteiger partial charge in [0.25, 0.3) is 6.33 Å². The van der Waals surface area contributed by atoms with Crippen molar-refractivity contribution in [3.8, 4) is 56.6 Å². The Morgan fingerprint density at radius 2 is 1.19 bits per heavy atom. The molecule has 338 valence electrons. The number of hydrogen-bond acceptors (Lipinski definition) is 2. The second kappa shape index (κ2) is 17.6. The summed E-state index contributed by atoms with van der Waals surface area (Å²) in [5, 5.41) is 4.30. The van der Waals surface area contributed by atoms with Crippen molar-refractivity contribution in [2.45, 2.75) is 19.8 Å². The van der Waals surface area contributed by atoms with Crippen LogP contribution in [-0.4, -0.2) is 18.7 Å². The van der Waals surface area contributed by atoms with E-state index in [-0.39, 0.29) is 54.9 Å². The fraction of sp³-hybridized carbons (Fsp3) is 0.0476. The number of nitrogens with zero attached hydrogens (tertiary/aromatic N) is 5. The van der Waals surface area contributed by atoms with Crippen molar-refractivity contribution in [1.29, 1.82) is 0 Å². The smallest absolute Gasteiger partial charge is 0.268 e. The molecule has 0 saturated carbocycles. The van der Waals surface area contributed by atoms with Crippen molar-refractivity contribution in [2.24, 2.45) is 0 Å². The van der Waals surface area contributed by atoms with Crippen molar-refractivity contribution in [3.05, 3.63) is 242 Å². The van der Waals surface area contributed by atoms with Gasteiger partial charge in [0.15, 0.2) is 0 Å². The number of aromatic nitrogens is 5. The van der Waals surface area contributed by atoms with Crippen LogP contribution in [-0.2, 0) is 21.1 Å². The minimum absolute atomic E-state index is 0. The molecule has 70 heavy (non-hydrogen) atoms. The Kier molecular flexibility index (Phi) is 8.38. The fourth-order valence-electron chi connectivity index (χ4n) is 9.57. The Labute approximate surface area is 434 Å². The number of hydrogen-bond donors (Lipinski definition) is 0. The predicted octanol–water partition coefficient (Wildman–Crippen LogP) is 15.1. The van der Waals surface area contributed by atoms with Crippen LogP contribution >= 0.6 is 0 Å². The monoisotopic (exact) mass is 1090 g/mol. The van der Waals surface area contributed by atoms with Gasteiger partial charge >= 0.3 is 0 Å². The van der Waals surface area contributed by atoms with Crippen molar-refractivity contribution >= 4 is 54.6 Å². The van der Waals surface area contributed by atoms with E-state index in [1.54, 1.807) is 33.4 Å². The van der Waals surface area contributed by atoms with Gasteiger partial charge in [0, 0.05) is 60.7 Å². The summed E-state index contributed by atoms with van der Waals surface area (Å²) in [5.74, 6) is 1.76. The maximum atomic E-state index is 9.06. The molecule has 6 nitrogen and oxygen atoms in total. The molecule has 0 aliphatic heterocycles. The van der Waals surface area contributed by atoms with Gasteiger partial charge in [-0.25, -0.2) is 4.98 Å². The van der Waals surface area contributed by atoms with Crippen LogP contribution in [0.15, 0.2) is 218 Å². The molecule has 13 aromatic rings. The zero-order valence-electron chi connectivity index (χ0n) is 47.5. The average Bonchev–Trinajstić information content (AvgIpc) is 4.32. The van der Waals surface area contributed by atoms with E-state index in [1.165, 1.54) is 10.8 Å². The van der Waals surface area contributed by atoms with Gasteiger partial charge in [-0.2, -0.15) is 18.2 Å². The number of fused-ring (bicyclic) bond motifs is 7. The van der Waals surface area contributed by atoms with Crippen molar-refractivity contribution in [3.63, 3.8) is 0 Å². The molecule has 0 saturated heterocycles. The number of ether oxygens (including phenoxy) is 1. The third-order valence-electron chi connectivity index (χ3n) is 12.7. The van der Waals surface area contributed by atoms with Gasteiger partial charge < -0.3 is 18.4 Å². The number of rotatable bonds is 9. The number of imidazole rings is 1. The van der Waals surface area contributed by atoms with Crippen LogP contribution in [0.4, 0.5) is 0 Å². The third kappa shape index (κ3) is 7.22. The van der Waals surface area contributed by atoms with Crippen LogP contribution in [0.2, 0.25) is 0 Å². The molecule has 0 bridgehead atoms. The fourth-order valence-corrected chi connectivity index (χ4v) is 9.57. The first-order valence-electron chi connectivity index (χ1n) is 27.6. The summed E-state index contributed by atoms with van der Waals surface area (Å²) < 4.78 is 102. The average molecular weight is 1090 g/mol. The summed E-state index contributed by atoms with van der Waals surface area (Å²) in [7, 11) is 0. The molecule has 0 spiro atoms. The molecular weight excluding hydrogens is 1040 g/mol. The van der Waals surface area contributed by atoms with E-state index in [0.29, 0.717) is 28.2 Å². The topological polar surface area (TPSA) is 40.8 Å². The Balaban J connectivity index is 0.00000637. The molecule has 7 heteroatoms. The van der Waals surface area contributed by atoms with Gasteiger partial charge in [0.1, 0.15) is 5.82 Å². The Morgan fingerprint density at radius 3 is 1.89 bits per heavy atom. The molecule has 0 radical (unpaired) electrons. The van der Waals surface area contributed by atoms with Crippen LogP contribution in [0.1, 0.15) is 39.0 Å². The molecule has 9 aromatic carbocycles. The Hall–Kier alpha value is -8.31. The van der Waals surface area contributed by atoms with E-state index in [9.17, 15) is 0 Å². The first kappa shape index (κ1) is 33.2. The molecule has 0 aliphatic carbocycles. The SMILES string of the molecule is [2H]c1c([2H])c([2H])c(-c2cccc(-c3c([2H])c([2H])c([2H])c([2H])c3[2H])c2-[n+]2[c-]n(-c3[c-]c(Oc4[c-]c5c(cc4)c4cc(-n6c7ccccc7c7ccccc76)ccc4n5-c4cc(C(C)C)ccn4)ccc3)c3ccccc32)c([2H])c1[2H].[Pt]. The molecule has 0 fully saturated rings. The van der Waals surface area contributed by atoms with Crippen LogP contribution in [0.5, 0.6) is 11.5 Å². The van der Waals surface area contributed by atoms with E-state index in [4.69, 9.17) is 23.4 Å². The molecule has 0 N–H and O–H groups in total. The molecule has 0 amide bonds. The maximum absolute atomic E-state index is 9.06. The Bertz CT molecular complexity index is 4520. The first-order valence-corrected chi connectivity index (χ1v) is 22.6. The van der Waals surface area contributed by atoms with Crippen molar-refractivity contribution < 1.29 is 44.1 Å². The Morgan fingerprint density at radius 1 is 0.557 bits per heavy atom. The van der Waals surface area contributed by atoms with E-state index in [0.717, 1.165) is 49.9 Å². The summed E-state index contributed by atoms with van der Waals surface area (Å²) in [5.41, 5.74) is 7.84. The zero-order chi connectivity index (χ0) is 54.7. The quantitative estimate of drug-likeness (QED) is 0.107. The molecule has 0 aliphatic rings. The summed E-state index contributed by atoms with van der Waals surface area (Å²) >= 11 is 0. The van der Waals surface area contributed by atoms with E-state index >= 15 is 0 Å². The largest absolute Gasteiger partial charge is 0.510 e. The number of para-hydroxylation sites is 5. The summed E-state index contributed by atoms with van der Waals surface area (Å²) in [6.45, 7) is 4.32. The van der Waals surface area contributed by atoms with Crippen LogP contribution < -0.4 is 9.30 Å². The van der Waals surface area contributed by atoms with E-state index < -0.39 is 60.4 Å². The maximum Gasteiger partial charge on any atom is 0.268 e. The van der Waals surface area contributed by atoms with Gasteiger partial charge in [-0.05, 0) is 87.3 Å². The van der Waals surface area contributed by atoms with Crippen LogP contribution in [0.25, 0.3) is 99.8 Å². The van der Waals surface area contributed by atoms with Gasteiger partial charge in [0.05, 0.1) is 41.5 Å². The number of pyridine rings is 1. The second-order valence-electron chi connectivity index (χ2n) is 17.1. The summed E-state index contributed by atoms with van der Waals surface area (Å²) in [6, 6.07) is 50.7. The van der Waals surface area contributed by atoms with Gasteiger partial charge in [-0.15, -0.1) is 29.7 Å². The third-order valence-corrected chi connectivity index (χ3v) is 12.7. The van der Waals surface area contributed by atoms with Crippen LogP contribution in [0.3, 0.4) is 0 Å². The van der Waals surface area contributed by atoms with E-state index in [1.807, 2.05) is 60.8 Å². The van der Waals surface area contributed by atoms with Gasteiger partial charge in [-0.1, -0.05) is 159 Å². The zero-order valence-corrected chi connectivity index (χ0v) is 39.8.